The van der Waals surface area contributed by atoms with E-state index in [-0.39, 0.29) is 53.4 Å². The summed E-state index contributed by atoms with van der Waals surface area (Å²) in [5.74, 6) is -2.49. The molecular formula is C50H64FN5O11SSi. The van der Waals surface area contributed by atoms with Crippen LogP contribution in [-0.4, -0.2) is 96.8 Å². The predicted molar refractivity (Wildman–Crippen MR) is 262 cm³/mol. The van der Waals surface area contributed by atoms with E-state index in [0.717, 1.165) is 35.7 Å². The Morgan fingerprint density at radius 3 is 2.09 bits per heavy atom. The fourth-order valence-electron chi connectivity index (χ4n) is 7.66. The molecule has 19 heteroatoms. The second kappa shape index (κ2) is 20.5. The fourth-order valence-corrected chi connectivity index (χ4v) is 10.2. The number of ether oxygens (including phenoxy) is 3. The highest BCUT2D eigenvalue weighted by Crippen LogP contribution is 2.44. The molecule has 1 aromatic heterocycles. The number of fused-ring (bicyclic) bond motifs is 1. The number of rotatable bonds is 17. The summed E-state index contributed by atoms with van der Waals surface area (Å²) in [6.07, 6.45) is 2.19. The molecule has 372 valence electrons. The summed E-state index contributed by atoms with van der Waals surface area (Å²) in [4.78, 5) is 74.2. The molecule has 16 nitrogen and oxygen atoms in total. The predicted octanol–water partition coefficient (Wildman–Crippen LogP) is 10.4. The van der Waals surface area contributed by atoms with Crippen molar-refractivity contribution >= 4 is 70.2 Å². The lowest BCUT2D eigenvalue weighted by Gasteiger charge is -2.39. The molecule has 6 rings (SSSR count). The van der Waals surface area contributed by atoms with Gasteiger partial charge in [0, 0.05) is 44.2 Å². The van der Waals surface area contributed by atoms with E-state index in [0.29, 0.717) is 40.1 Å². The first-order valence-electron chi connectivity index (χ1n) is 23.1. The summed E-state index contributed by atoms with van der Waals surface area (Å²) < 4.78 is 59.3. The highest BCUT2D eigenvalue weighted by molar-refractivity contribution is 7.92. The van der Waals surface area contributed by atoms with Crippen LogP contribution in [0.1, 0.15) is 108 Å². The molecule has 4 amide bonds. The van der Waals surface area contributed by atoms with Gasteiger partial charge in [0.05, 0.1) is 35.2 Å². The first-order chi connectivity index (χ1) is 32.1. The second-order valence-electron chi connectivity index (χ2n) is 21.0. The van der Waals surface area contributed by atoms with Crippen molar-refractivity contribution in [1.82, 2.24) is 14.9 Å². The lowest BCUT2D eigenvalue weighted by Crippen LogP contribution is -2.56. The number of hydrazine groups is 1. The molecule has 0 saturated heterocycles. The van der Waals surface area contributed by atoms with Gasteiger partial charge in [-0.15, -0.1) is 5.01 Å². The van der Waals surface area contributed by atoms with Gasteiger partial charge in [-0.25, -0.2) is 32.0 Å². The SMILES string of the molecule is CN(Cc1cc(NC(=O)CCc2cc(C(C(=O)O)N(c3ccc4cncc(F)c4c3)N(C(=O)OC(C)(C)C)C(=O)OC(C)(C)C)ccc2C2CC2)ccc1S(=O)(=O)C1CC1)C(=O)OCC[Si](C)(C)C. The van der Waals surface area contributed by atoms with Crippen LogP contribution in [0.5, 0.6) is 0 Å². The second-order valence-corrected chi connectivity index (χ2v) is 28.8. The molecule has 1 heterocycles. The third kappa shape index (κ3) is 13.8. The van der Waals surface area contributed by atoms with E-state index >= 15 is 4.39 Å². The molecule has 3 aromatic carbocycles. The van der Waals surface area contributed by atoms with Crippen LogP contribution >= 0.6 is 0 Å². The highest BCUT2D eigenvalue weighted by atomic mass is 32.2. The number of nitrogens with one attached hydrogen (secondary N) is 1. The van der Waals surface area contributed by atoms with Gasteiger partial charge in [-0.3, -0.25) is 14.8 Å². The van der Waals surface area contributed by atoms with Crippen LogP contribution in [0.15, 0.2) is 71.9 Å². The number of carboxylic acid groups (broad SMARTS) is 1. The molecule has 69 heavy (non-hydrogen) atoms. The average Bonchev–Trinajstić information content (AvgIpc) is 4.16. The molecule has 4 aromatic rings. The summed E-state index contributed by atoms with van der Waals surface area (Å²) in [6.45, 7) is 16.2. The molecule has 2 N–H and O–H groups in total. The van der Waals surface area contributed by atoms with E-state index in [9.17, 15) is 37.5 Å². The number of benzene rings is 3. The van der Waals surface area contributed by atoms with Gasteiger partial charge in [0.15, 0.2) is 15.9 Å². The summed E-state index contributed by atoms with van der Waals surface area (Å²) in [7, 11) is -3.64. The normalized spacial score (nSPS) is 14.7. The van der Waals surface area contributed by atoms with Crippen molar-refractivity contribution in [3.05, 3.63) is 95.1 Å². The third-order valence-corrected chi connectivity index (χ3v) is 15.4. The molecule has 0 spiro atoms. The lowest BCUT2D eigenvalue weighted by molar-refractivity contribution is -0.139. The maximum absolute atomic E-state index is 15.3. The number of carbonyl (C=O) groups excluding carboxylic acids is 4. The van der Waals surface area contributed by atoms with Crippen molar-refractivity contribution in [3.63, 3.8) is 0 Å². The first kappa shape index (κ1) is 52.3. The summed E-state index contributed by atoms with van der Waals surface area (Å²) in [6, 6.07) is 12.7. The number of carbonyl (C=O) groups is 5. The molecule has 0 bridgehead atoms. The Balaban J connectivity index is 1.33. The smallest absolute Gasteiger partial charge is 0.439 e. The molecule has 1 atom stereocenters. The van der Waals surface area contributed by atoms with E-state index in [1.807, 2.05) is 0 Å². The monoisotopic (exact) mass is 989 g/mol. The van der Waals surface area contributed by atoms with Crippen LogP contribution in [0, 0.1) is 5.82 Å². The van der Waals surface area contributed by atoms with E-state index in [1.54, 1.807) is 65.8 Å². The summed E-state index contributed by atoms with van der Waals surface area (Å²) in [5, 5.41) is 15.3. The van der Waals surface area contributed by atoms with Crippen LogP contribution in [0.4, 0.5) is 30.1 Å². The van der Waals surface area contributed by atoms with Crippen molar-refractivity contribution in [2.24, 2.45) is 0 Å². The Kier molecular flexibility index (Phi) is 15.5. The Morgan fingerprint density at radius 2 is 1.51 bits per heavy atom. The van der Waals surface area contributed by atoms with E-state index in [2.05, 4.69) is 29.9 Å². The van der Waals surface area contributed by atoms with Crippen molar-refractivity contribution in [3.8, 4) is 0 Å². The summed E-state index contributed by atoms with van der Waals surface area (Å²) >= 11 is 0. The van der Waals surface area contributed by atoms with Crippen LogP contribution in [0.25, 0.3) is 10.8 Å². The highest BCUT2D eigenvalue weighted by Gasteiger charge is 2.44. The van der Waals surface area contributed by atoms with Crippen LogP contribution in [0.3, 0.4) is 0 Å². The van der Waals surface area contributed by atoms with E-state index < -0.39 is 76.4 Å². The standard InChI is InChI=1S/C50H64FN5O11SSi/c1-49(2,3)66-47(61)56(48(62)67-50(4,5)6)55(37-17-13-34-28-52-29-41(51)40(34)27-37)44(45(58)59)33-14-20-39(31-11-12-31)32(25-33)15-22-43(57)53-36-16-21-42(68(63,64)38-18-19-38)35(26-36)30-54(7)46(60)65-23-24-69(8,9)10/h13-14,16-17,20-21,25-29,31,38,44H,11-12,15,18-19,22-24,30H2,1-10H3,(H,53,57)(H,58,59). The van der Waals surface area contributed by atoms with Crippen molar-refractivity contribution in [1.29, 1.82) is 0 Å². The van der Waals surface area contributed by atoms with Crippen molar-refractivity contribution in [2.45, 2.75) is 146 Å². The van der Waals surface area contributed by atoms with Crippen molar-refractivity contribution in [2.75, 3.05) is 24.0 Å². The minimum Gasteiger partial charge on any atom is -0.479 e. The van der Waals surface area contributed by atoms with Gasteiger partial charge in [0.1, 0.15) is 17.0 Å². The lowest BCUT2D eigenvalue weighted by atomic mass is 9.93. The van der Waals surface area contributed by atoms with Gasteiger partial charge in [0.25, 0.3) is 0 Å². The molecule has 1 unspecified atom stereocenters. The number of nitrogens with zero attached hydrogens (tertiary/aromatic N) is 4. The van der Waals surface area contributed by atoms with Gasteiger partial charge < -0.3 is 29.5 Å². The molecule has 2 fully saturated rings. The van der Waals surface area contributed by atoms with E-state index in [4.69, 9.17) is 14.2 Å². The zero-order valence-electron chi connectivity index (χ0n) is 41.1. The Bertz CT molecular complexity index is 2700. The molecule has 0 aliphatic heterocycles. The zero-order valence-corrected chi connectivity index (χ0v) is 42.9. The molecule has 2 aliphatic carbocycles. The number of halogens is 1. The number of hydrogen-bond donors (Lipinski definition) is 2. The van der Waals surface area contributed by atoms with Gasteiger partial charge in [-0.1, -0.05) is 43.9 Å². The quantitative estimate of drug-likeness (QED) is 0.0575. The minimum absolute atomic E-state index is 0.0365. The molecule has 2 aliphatic rings. The maximum atomic E-state index is 15.3. The van der Waals surface area contributed by atoms with Crippen molar-refractivity contribution < 1.29 is 56.1 Å². The van der Waals surface area contributed by atoms with Gasteiger partial charge in [0.2, 0.25) is 5.91 Å². The van der Waals surface area contributed by atoms with Crippen LogP contribution in [0.2, 0.25) is 25.7 Å². The summed E-state index contributed by atoms with van der Waals surface area (Å²) in [5.41, 5.74) is -0.0663. The van der Waals surface area contributed by atoms with Gasteiger partial charge >= 0.3 is 24.2 Å². The fraction of sp³-hybridized carbons (Fsp3) is 0.480. The number of imide groups is 1. The number of amides is 4. The number of aryl methyl sites for hydroxylation is 1. The van der Waals surface area contributed by atoms with Crippen LogP contribution < -0.4 is 10.3 Å². The number of aliphatic carboxylic acids is 1. The number of aromatic nitrogens is 1. The van der Waals surface area contributed by atoms with Gasteiger partial charge in [-0.2, -0.15) is 0 Å². The largest absolute Gasteiger partial charge is 0.479 e. The maximum Gasteiger partial charge on any atom is 0.439 e. The Morgan fingerprint density at radius 1 is 0.855 bits per heavy atom. The Labute approximate surface area is 404 Å². The molecule has 2 saturated carbocycles. The Hall–Kier alpha value is -6.08. The number of hydrogen-bond acceptors (Lipinski definition) is 12. The average molecular weight is 990 g/mol. The topological polar surface area (TPSA) is 202 Å². The number of pyridine rings is 1. The number of carboxylic acids is 1. The zero-order chi connectivity index (χ0) is 50.8. The molecule has 0 radical (unpaired) electrons. The molecular weight excluding hydrogens is 926 g/mol. The van der Waals surface area contributed by atoms with Crippen LogP contribution in [-0.2, 0) is 46.6 Å². The number of sulfone groups is 1. The number of anilines is 2. The third-order valence-electron chi connectivity index (χ3n) is 11.3. The minimum atomic E-state index is -3.69. The van der Waals surface area contributed by atoms with E-state index in [1.165, 1.54) is 48.5 Å². The first-order valence-corrected chi connectivity index (χ1v) is 28.4. The van der Waals surface area contributed by atoms with Gasteiger partial charge in [-0.05, 0) is 138 Å².